The van der Waals surface area contributed by atoms with E-state index in [9.17, 15) is 14.0 Å². The van der Waals surface area contributed by atoms with Gasteiger partial charge in [-0.1, -0.05) is 0 Å². The molecule has 2 aliphatic rings. The van der Waals surface area contributed by atoms with E-state index >= 15 is 0 Å². The molecule has 17 heavy (non-hydrogen) atoms. The second-order valence-corrected chi connectivity index (χ2v) is 5.19. The smallest absolute Gasteiger partial charge is 0.307 e. The van der Waals surface area contributed by atoms with Crippen molar-refractivity contribution < 1.29 is 19.1 Å². The molecule has 3 rings (SSSR count). The summed E-state index contributed by atoms with van der Waals surface area (Å²) < 4.78 is 13.7. The van der Waals surface area contributed by atoms with Crippen LogP contribution in [0, 0.1) is 11.7 Å². The number of hydrogen-bond donors (Lipinski definition) is 2. The van der Waals surface area contributed by atoms with Crippen molar-refractivity contribution in [1.82, 2.24) is 0 Å². The Labute approximate surface area is 104 Å². The molecule has 1 spiro atoms. The van der Waals surface area contributed by atoms with Crippen molar-refractivity contribution in [2.75, 3.05) is 5.32 Å². The second-order valence-electron chi connectivity index (χ2n) is 4.33. The van der Waals surface area contributed by atoms with Gasteiger partial charge < -0.3 is 10.4 Å². The monoisotopic (exact) mass is 299 g/mol. The minimum absolute atomic E-state index is 0.238. The van der Waals surface area contributed by atoms with E-state index < -0.39 is 23.1 Å². The largest absolute Gasteiger partial charge is 0.481 e. The van der Waals surface area contributed by atoms with Gasteiger partial charge in [-0.15, -0.1) is 0 Å². The van der Waals surface area contributed by atoms with Gasteiger partial charge in [-0.3, -0.25) is 9.59 Å². The van der Waals surface area contributed by atoms with Crippen molar-refractivity contribution in [2.45, 2.75) is 11.8 Å². The number of carboxylic acids is 1. The molecule has 4 nitrogen and oxygen atoms in total. The third-order valence-corrected chi connectivity index (χ3v) is 4.06. The van der Waals surface area contributed by atoms with Crippen LogP contribution in [0.5, 0.6) is 0 Å². The van der Waals surface area contributed by atoms with Crippen LogP contribution >= 0.6 is 15.9 Å². The third kappa shape index (κ3) is 1.21. The maximum Gasteiger partial charge on any atom is 0.307 e. The number of rotatable bonds is 1. The van der Waals surface area contributed by atoms with Gasteiger partial charge in [0, 0.05) is 5.69 Å². The van der Waals surface area contributed by atoms with Crippen LogP contribution in [0.25, 0.3) is 0 Å². The number of hydrogen-bond acceptors (Lipinski definition) is 2. The van der Waals surface area contributed by atoms with Crippen molar-refractivity contribution >= 4 is 33.5 Å². The Morgan fingerprint density at radius 3 is 2.88 bits per heavy atom. The van der Waals surface area contributed by atoms with Crippen LogP contribution in [0.15, 0.2) is 16.6 Å². The second kappa shape index (κ2) is 3.07. The average Bonchev–Trinajstić information content (AvgIpc) is 2.94. The lowest BCUT2D eigenvalue weighted by molar-refractivity contribution is -0.140. The molecule has 88 valence electrons. The number of nitrogens with one attached hydrogen (secondary N) is 1. The van der Waals surface area contributed by atoms with E-state index in [1.807, 2.05) is 0 Å². The Bertz CT molecular complexity index is 574. The number of amides is 1. The molecule has 1 fully saturated rings. The Morgan fingerprint density at radius 1 is 1.59 bits per heavy atom. The Kier molecular flexibility index (Phi) is 1.93. The number of anilines is 1. The highest BCUT2D eigenvalue weighted by molar-refractivity contribution is 9.10. The van der Waals surface area contributed by atoms with E-state index in [0.717, 1.165) is 0 Å². The van der Waals surface area contributed by atoms with Crippen molar-refractivity contribution in [2.24, 2.45) is 5.92 Å². The lowest BCUT2D eigenvalue weighted by Crippen LogP contribution is -2.24. The van der Waals surface area contributed by atoms with Gasteiger partial charge in [0.15, 0.2) is 0 Å². The highest BCUT2D eigenvalue weighted by atomic mass is 79.9. The maximum atomic E-state index is 13.5. The fraction of sp³-hybridized carbons (Fsp3) is 0.273. The average molecular weight is 300 g/mol. The van der Waals surface area contributed by atoms with E-state index in [-0.39, 0.29) is 16.8 Å². The first-order chi connectivity index (χ1) is 7.96. The number of fused-ring (bicyclic) bond motifs is 2. The molecule has 1 aliphatic heterocycles. The van der Waals surface area contributed by atoms with Crippen LogP contribution in [-0.2, 0) is 15.0 Å². The summed E-state index contributed by atoms with van der Waals surface area (Å²) in [6, 6.07) is 2.70. The minimum atomic E-state index is -1.05. The number of carboxylic acid groups (broad SMARTS) is 1. The number of aliphatic carboxylic acids is 1. The molecule has 2 atom stereocenters. The molecule has 6 heteroatoms. The molecule has 1 amide bonds. The van der Waals surface area contributed by atoms with Crippen LogP contribution < -0.4 is 5.32 Å². The van der Waals surface area contributed by atoms with E-state index in [1.165, 1.54) is 12.1 Å². The maximum absolute atomic E-state index is 13.5. The highest BCUT2D eigenvalue weighted by Gasteiger charge is 2.68. The third-order valence-electron chi connectivity index (χ3n) is 3.45. The normalized spacial score (nSPS) is 29.1. The lowest BCUT2D eigenvalue weighted by Gasteiger charge is -2.06. The zero-order valence-electron chi connectivity index (χ0n) is 8.46. The Balaban J connectivity index is 2.16. The summed E-state index contributed by atoms with van der Waals surface area (Å²) in [5, 5.41) is 11.6. The van der Waals surface area contributed by atoms with Crippen molar-refractivity contribution in [3.8, 4) is 0 Å². The Hall–Kier alpha value is -1.43. The molecular weight excluding hydrogens is 293 g/mol. The predicted molar refractivity (Wildman–Crippen MR) is 60.2 cm³/mol. The van der Waals surface area contributed by atoms with Crippen molar-refractivity contribution in [3.05, 3.63) is 28.0 Å². The summed E-state index contributed by atoms with van der Waals surface area (Å²) >= 11 is 3.03. The minimum Gasteiger partial charge on any atom is -0.481 e. The van der Waals surface area contributed by atoms with Crippen LogP contribution in [-0.4, -0.2) is 17.0 Å². The first-order valence-corrected chi connectivity index (χ1v) is 5.80. The van der Waals surface area contributed by atoms with Gasteiger partial charge in [0.25, 0.3) is 0 Å². The van der Waals surface area contributed by atoms with E-state index in [0.29, 0.717) is 11.3 Å². The van der Waals surface area contributed by atoms with Crippen molar-refractivity contribution in [3.63, 3.8) is 0 Å². The molecule has 1 aliphatic carbocycles. The van der Waals surface area contributed by atoms with Crippen LogP contribution in [0.2, 0.25) is 0 Å². The molecule has 0 aromatic heterocycles. The molecule has 2 unspecified atom stereocenters. The molecule has 1 aromatic carbocycles. The summed E-state index contributed by atoms with van der Waals surface area (Å²) in [4.78, 5) is 22.8. The summed E-state index contributed by atoms with van der Waals surface area (Å²) in [6.45, 7) is 0. The number of halogens is 2. The first-order valence-electron chi connectivity index (χ1n) is 5.00. The zero-order valence-corrected chi connectivity index (χ0v) is 10.0. The highest BCUT2D eigenvalue weighted by Crippen LogP contribution is 2.60. The van der Waals surface area contributed by atoms with Gasteiger partial charge in [-0.25, -0.2) is 4.39 Å². The van der Waals surface area contributed by atoms with Crippen molar-refractivity contribution in [1.29, 1.82) is 0 Å². The van der Waals surface area contributed by atoms with Gasteiger partial charge in [-0.2, -0.15) is 0 Å². The standard InChI is InChI=1S/C11H7BrFNO3/c12-6-2-8-4(1-7(6)13)11(10(17)14-8)3-5(11)9(15)16/h1-2,5H,3H2,(H,14,17)(H,15,16). The van der Waals surface area contributed by atoms with Gasteiger partial charge in [0.05, 0.1) is 15.8 Å². The summed E-state index contributed by atoms with van der Waals surface area (Å²) in [5.74, 6) is -2.60. The fourth-order valence-corrected chi connectivity index (χ4v) is 2.83. The zero-order chi connectivity index (χ0) is 12.4. The topological polar surface area (TPSA) is 66.4 Å². The quantitative estimate of drug-likeness (QED) is 0.832. The Morgan fingerprint density at radius 2 is 2.29 bits per heavy atom. The van der Waals surface area contributed by atoms with E-state index in [2.05, 4.69) is 21.2 Å². The molecule has 2 N–H and O–H groups in total. The number of carbonyl (C=O) groups excluding carboxylic acids is 1. The molecule has 0 saturated heterocycles. The van der Waals surface area contributed by atoms with Gasteiger partial charge in [0.1, 0.15) is 5.82 Å². The van der Waals surface area contributed by atoms with E-state index in [1.54, 1.807) is 0 Å². The molecule has 0 radical (unpaired) electrons. The lowest BCUT2D eigenvalue weighted by atomic mass is 9.95. The SMILES string of the molecule is O=C(O)C1CC12C(=O)Nc1cc(Br)c(F)cc12. The summed E-state index contributed by atoms with van der Waals surface area (Å²) in [6.07, 6.45) is 0.238. The van der Waals surface area contributed by atoms with Crippen LogP contribution in [0.3, 0.4) is 0 Å². The molecule has 1 heterocycles. The van der Waals surface area contributed by atoms with Crippen LogP contribution in [0.1, 0.15) is 12.0 Å². The summed E-state index contributed by atoms with van der Waals surface area (Å²) in [7, 11) is 0. The predicted octanol–water partition coefficient (Wildman–Crippen LogP) is 1.88. The molecule has 1 saturated carbocycles. The summed E-state index contributed by atoms with van der Waals surface area (Å²) in [5.41, 5.74) is -0.106. The number of carbonyl (C=O) groups is 2. The van der Waals surface area contributed by atoms with Crippen LogP contribution in [0.4, 0.5) is 10.1 Å². The van der Waals surface area contributed by atoms with Gasteiger partial charge >= 0.3 is 5.97 Å². The van der Waals surface area contributed by atoms with Gasteiger partial charge in [-0.05, 0) is 40.0 Å². The number of benzene rings is 1. The fourth-order valence-electron chi connectivity index (χ4n) is 2.49. The first kappa shape index (κ1) is 10.7. The molecule has 0 bridgehead atoms. The molecule has 1 aromatic rings. The molecular formula is C11H7BrFNO3. The van der Waals surface area contributed by atoms with E-state index in [4.69, 9.17) is 5.11 Å². The van der Waals surface area contributed by atoms with Gasteiger partial charge in [0.2, 0.25) is 5.91 Å².